The molecule has 4 nitrogen and oxygen atoms in total. The number of rotatable bonds is 6. The maximum atomic E-state index is 12.5. The third kappa shape index (κ3) is 5.07. The maximum Gasteiger partial charge on any atom is 0.246 e. The molecule has 0 saturated carbocycles. The van der Waals surface area contributed by atoms with E-state index in [4.69, 9.17) is 4.74 Å². The van der Waals surface area contributed by atoms with E-state index >= 15 is 0 Å². The van der Waals surface area contributed by atoms with Crippen LogP contribution in [0.15, 0.2) is 60.7 Å². The Morgan fingerprint density at radius 1 is 1.04 bits per heavy atom. The normalized spacial score (nSPS) is 15.1. The number of likely N-dealkylation sites (tertiary alicyclic amines) is 1. The van der Waals surface area contributed by atoms with E-state index in [1.54, 1.807) is 6.08 Å². The van der Waals surface area contributed by atoms with E-state index in [2.05, 4.69) is 0 Å². The van der Waals surface area contributed by atoms with Crippen molar-refractivity contribution in [3.8, 4) is 5.75 Å². The largest absolute Gasteiger partial charge is 0.494 e. The van der Waals surface area contributed by atoms with Crippen molar-refractivity contribution in [1.29, 1.82) is 0 Å². The molecule has 0 bridgehead atoms. The Hall–Kier alpha value is -2.88. The lowest BCUT2D eigenvalue weighted by atomic mass is 9.89. The number of hydrogen-bond acceptors (Lipinski definition) is 3. The number of Topliss-reactive ketones (excluding diaryl/α,β-unsaturated/α-hetero) is 1. The predicted octanol–water partition coefficient (Wildman–Crippen LogP) is 4.22. The van der Waals surface area contributed by atoms with Crippen molar-refractivity contribution in [3.63, 3.8) is 0 Å². The van der Waals surface area contributed by atoms with Gasteiger partial charge in [0.2, 0.25) is 5.91 Å². The highest BCUT2D eigenvalue weighted by molar-refractivity contribution is 5.98. The fourth-order valence-electron chi connectivity index (χ4n) is 3.31. The van der Waals surface area contributed by atoms with E-state index in [-0.39, 0.29) is 17.6 Å². The summed E-state index contributed by atoms with van der Waals surface area (Å²) in [5, 5.41) is 0. The molecule has 1 saturated heterocycles. The Kier molecular flexibility index (Phi) is 6.42. The Labute approximate surface area is 160 Å². The SMILES string of the molecule is CCOc1ccc(/C=C/C(=O)N2CCC(C(=O)c3ccccc3)CC2)cc1. The first-order valence-corrected chi connectivity index (χ1v) is 9.46. The summed E-state index contributed by atoms with van der Waals surface area (Å²) >= 11 is 0. The number of piperidine rings is 1. The molecule has 4 heteroatoms. The number of ether oxygens (including phenoxy) is 1. The minimum absolute atomic E-state index is 0.00510. The zero-order valence-corrected chi connectivity index (χ0v) is 15.6. The average molecular weight is 363 g/mol. The van der Waals surface area contributed by atoms with Gasteiger partial charge in [-0.05, 0) is 43.5 Å². The van der Waals surface area contributed by atoms with Crippen molar-refractivity contribution in [2.75, 3.05) is 19.7 Å². The summed E-state index contributed by atoms with van der Waals surface area (Å²) in [4.78, 5) is 26.8. The molecule has 1 aliphatic rings. The molecule has 0 N–H and O–H groups in total. The van der Waals surface area contributed by atoms with Gasteiger partial charge in [0.25, 0.3) is 0 Å². The molecule has 0 spiro atoms. The number of nitrogens with zero attached hydrogens (tertiary/aromatic N) is 1. The second kappa shape index (κ2) is 9.17. The molecule has 1 heterocycles. The number of benzene rings is 2. The van der Waals surface area contributed by atoms with Crippen molar-refractivity contribution in [2.45, 2.75) is 19.8 Å². The van der Waals surface area contributed by atoms with Crippen LogP contribution in [0.3, 0.4) is 0 Å². The minimum Gasteiger partial charge on any atom is -0.494 e. The zero-order valence-electron chi connectivity index (χ0n) is 15.6. The van der Waals surface area contributed by atoms with Crippen LogP contribution >= 0.6 is 0 Å². The zero-order chi connectivity index (χ0) is 19.1. The van der Waals surface area contributed by atoms with Gasteiger partial charge in [-0.2, -0.15) is 0 Å². The number of carbonyl (C=O) groups is 2. The van der Waals surface area contributed by atoms with E-state index in [1.807, 2.05) is 72.5 Å². The molecule has 1 amide bonds. The lowest BCUT2D eigenvalue weighted by Crippen LogP contribution is -2.39. The topological polar surface area (TPSA) is 46.6 Å². The Morgan fingerprint density at radius 2 is 1.70 bits per heavy atom. The van der Waals surface area contributed by atoms with E-state index < -0.39 is 0 Å². The third-order valence-electron chi connectivity index (χ3n) is 4.85. The molecule has 1 aliphatic heterocycles. The highest BCUT2D eigenvalue weighted by Gasteiger charge is 2.27. The average Bonchev–Trinajstić information content (AvgIpc) is 2.73. The predicted molar refractivity (Wildman–Crippen MR) is 107 cm³/mol. The fraction of sp³-hybridized carbons (Fsp3) is 0.304. The summed E-state index contributed by atoms with van der Waals surface area (Å²) in [6.45, 7) is 3.82. The molecule has 2 aromatic rings. The highest BCUT2D eigenvalue weighted by Crippen LogP contribution is 2.22. The summed E-state index contributed by atoms with van der Waals surface area (Å²) in [6.07, 6.45) is 4.86. The molecule has 27 heavy (non-hydrogen) atoms. The number of hydrogen-bond donors (Lipinski definition) is 0. The smallest absolute Gasteiger partial charge is 0.246 e. The van der Waals surface area contributed by atoms with Gasteiger partial charge in [-0.1, -0.05) is 42.5 Å². The molecule has 2 aromatic carbocycles. The third-order valence-corrected chi connectivity index (χ3v) is 4.85. The molecular weight excluding hydrogens is 338 g/mol. The lowest BCUT2D eigenvalue weighted by molar-refractivity contribution is -0.127. The lowest BCUT2D eigenvalue weighted by Gasteiger charge is -2.30. The van der Waals surface area contributed by atoms with Crippen LogP contribution in [0.2, 0.25) is 0 Å². The van der Waals surface area contributed by atoms with Gasteiger partial charge in [0.15, 0.2) is 5.78 Å². The molecule has 0 radical (unpaired) electrons. The van der Waals surface area contributed by atoms with Crippen molar-refractivity contribution in [1.82, 2.24) is 4.90 Å². The Balaban J connectivity index is 1.51. The summed E-state index contributed by atoms with van der Waals surface area (Å²) < 4.78 is 5.42. The molecule has 3 rings (SSSR count). The van der Waals surface area contributed by atoms with E-state index in [0.717, 1.165) is 29.7 Å². The van der Waals surface area contributed by atoms with Crippen molar-refractivity contribution in [2.24, 2.45) is 5.92 Å². The monoisotopic (exact) mass is 363 g/mol. The quantitative estimate of drug-likeness (QED) is 0.570. The standard InChI is InChI=1S/C23H25NO3/c1-2-27-21-11-8-18(9-12-21)10-13-22(25)24-16-14-20(15-17-24)23(26)19-6-4-3-5-7-19/h3-13,20H,2,14-17H2,1H3/b13-10+. The van der Waals surface area contributed by atoms with Gasteiger partial charge in [0, 0.05) is 30.6 Å². The second-order valence-electron chi connectivity index (χ2n) is 6.67. The molecule has 0 aliphatic carbocycles. The van der Waals surface area contributed by atoms with Crippen LogP contribution in [-0.2, 0) is 4.79 Å². The van der Waals surface area contributed by atoms with Crippen LogP contribution in [0.4, 0.5) is 0 Å². The second-order valence-corrected chi connectivity index (χ2v) is 6.67. The maximum absolute atomic E-state index is 12.5. The first-order chi connectivity index (χ1) is 13.2. The van der Waals surface area contributed by atoms with Crippen molar-refractivity contribution >= 4 is 17.8 Å². The summed E-state index contributed by atoms with van der Waals surface area (Å²) in [5.74, 6) is 1.01. The van der Waals surface area contributed by atoms with Gasteiger partial charge >= 0.3 is 0 Å². The van der Waals surface area contributed by atoms with Crippen molar-refractivity contribution in [3.05, 3.63) is 71.8 Å². The molecule has 1 fully saturated rings. The fourth-order valence-corrected chi connectivity index (χ4v) is 3.31. The van der Waals surface area contributed by atoms with Crippen LogP contribution in [0.5, 0.6) is 5.75 Å². The van der Waals surface area contributed by atoms with Crippen LogP contribution in [0.25, 0.3) is 6.08 Å². The van der Waals surface area contributed by atoms with E-state index in [9.17, 15) is 9.59 Å². The van der Waals surface area contributed by atoms with E-state index in [0.29, 0.717) is 19.7 Å². The molecular formula is C23H25NO3. The Morgan fingerprint density at radius 3 is 2.33 bits per heavy atom. The molecule has 0 unspecified atom stereocenters. The van der Waals surface area contributed by atoms with Gasteiger partial charge in [0.1, 0.15) is 5.75 Å². The van der Waals surface area contributed by atoms with Crippen LogP contribution in [0, 0.1) is 5.92 Å². The minimum atomic E-state index is -0.00510. The molecule has 0 aromatic heterocycles. The first-order valence-electron chi connectivity index (χ1n) is 9.46. The van der Waals surface area contributed by atoms with Gasteiger partial charge in [-0.25, -0.2) is 0 Å². The number of carbonyl (C=O) groups excluding carboxylic acids is 2. The van der Waals surface area contributed by atoms with Gasteiger partial charge < -0.3 is 9.64 Å². The van der Waals surface area contributed by atoms with Crippen molar-refractivity contribution < 1.29 is 14.3 Å². The van der Waals surface area contributed by atoms with Crippen LogP contribution in [0.1, 0.15) is 35.7 Å². The Bertz CT molecular complexity index is 788. The van der Waals surface area contributed by atoms with Crippen LogP contribution in [-0.4, -0.2) is 36.3 Å². The van der Waals surface area contributed by atoms with E-state index in [1.165, 1.54) is 0 Å². The highest BCUT2D eigenvalue weighted by atomic mass is 16.5. The molecule has 140 valence electrons. The summed E-state index contributed by atoms with van der Waals surface area (Å²) in [6, 6.07) is 17.1. The van der Waals surface area contributed by atoms with Gasteiger partial charge in [0.05, 0.1) is 6.61 Å². The first kappa shape index (κ1) is 18.9. The number of ketones is 1. The molecule has 0 atom stereocenters. The van der Waals surface area contributed by atoms with Gasteiger partial charge in [-0.3, -0.25) is 9.59 Å². The van der Waals surface area contributed by atoms with Gasteiger partial charge in [-0.15, -0.1) is 0 Å². The number of amides is 1. The summed E-state index contributed by atoms with van der Waals surface area (Å²) in [5.41, 5.74) is 1.72. The van der Waals surface area contributed by atoms with Crippen LogP contribution < -0.4 is 4.74 Å². The summed E-state index contributed by atoms with van der Waals surface area (Å²) in [7, 11) is 0.